The molecule has 0 aromatic carbocycles. The van der Waals surface area contributed by atoms with E-state index in [2.05, 4.69) is 4.98 Å². The Morgan fingerprint density at radius 1 is 1.42 bits per heavy atom. The van der Waals surface area contributed by atoms with Gasteiger partial charge in [0.15, 0.2) is 0 Å². The fourth-order valence-electron chi connectivity index (χ4n) is 3.28. The molecule has 24 heavy (non-hydrogen) atoms. The fraction of sp³-hybridized carbons (Fsp3) is 0.444. The highest BCUT2D eigenvalue weighted by Crippen LogP contribution is 2.23. The van der Waals surface area contributed by atoms with Crippen LogP contribution in [0.25, 0.3) is 5.82 Å². The normalized spacial score (nSPS) is 18.0. The van der Waals surface area contributed by atoms with Crippen LogP contribution in [0.1, 0.15) is 28.2 Å². The number of hydrogen-bond acceptors (Lipinski definition) is 4. The number of pyridine rings is 1. The predicted molar refractivity (Wildman–Crippen MR) is 90.4 cm³/mol. The van der Waals surface area contributed by atoms with Gasteiger partial charge >= 0.3 is 0 Å². The van der Waals surface area contributed by atoms with Crippen LogP contribution in [0.2, 0.25) is 0 Å². The molecule has 0 aliphatic carbocycles. The molecule has 0 spiro atoms. The standard InChI is InChI=1S/C18H23N3O3/c1-13-11-16(14(2)21(13)17-5-3-4-7-19-17)18(23)20-8-10-24-12-15(20)6-9-22/h3-5,7,11,15,22H,6,8-10,12H2,1-2H3/t15-/m0/s1. The number of aromatic nitrogens is 2. The molecule has 2 aromatic heterocycles. The van der Waals surface area contributed by atoms with Crippen molar-refractivity contribution in [2.45, 2.75) is 26.3 Å². The van der Waals surface area contributed by atoms with Gasteiger partial charge in [-0.05, 0) is 38.5 Å². The quantitative estimate of drug-likeness (QED) is 0.927. The van der Waals surface area contributed by atoms with Crippen LogP contribution in [0.4, 0.5) is 0 Å². The Kier molecular flexibility index (Phi) is 4.97. The maximum Gasteiger partial charge on any atom is 0.256 e. The third-order valence-corrected chi connectivity index (χ3v) is 4.49. The minimum atomic E-state index is -0.0749. The number of aryl methyl sites for hydroxylation is 1. The number of amides is 1. The van der Waals surface area contributed by atoms with Gasteiger partial charge in [-0.1, -0.05) is 6.07 Å². The van der Waals surface area contributed by atoms with Gasteiger partial charge in [-0.3, -0.25) is 4.79 Å². The Hall–Kier alpha value is -2.18. The molecule has 2 aromatic rings. The minimum absolute atomic E-state index is 0.00738. The minimum Gasteiger partial charge on any atom is -0.396 e. The van der Waals surface area contributed by atoms with Gasteiger partial charge < -0.3 is 19.3 Å². The lowest BCUT2D eigenvalue weighted by Gasteiger charge is -2.35. The van der Waals surface area contributed by atoms with E-state index in [9.17, 15) is 9.90 Å². The van der Waals surface area contributed by atoms with Crippen molar-refractivity contribution < 1.29 is 14.6 Å². The van der Waals surface area contributed by atoms with Gasteiger partial charge in [0.2, 0.25) is 0 Å². The first-order chi connectivity index (χ1) is 11.6. The molecule has 0 unspecified atom stereocenters. The molecule has 1 saturated heterocycles. The number of carbonyl (C=O) groups excluding carboxylic acids is 1. The van der Waals surface area contributed by atoms with Crippen LogP contribution in [0, 0.1) is 13.8 Å². The highest BCUT2D eigenvalue weighted by molar-refractivity contribution is 5.96. The summed E-state index contributed by atoms with van der Waals surface area (Å²) in [6.07, 6.45) is 2.28. The zero-order chi connectivity index (χ0) is 17.1. The molecule has 128 valence electrons. The van der Waals surface area contributed by atoms with Crippen molar-refractivity contribution >= 4 is 5.91 Å². The summed E-state index contributed by atoms with van der Waals surface area (Å²) in [5.41, 5.74) is 2.54. The van der Waals surface area contributed by atoms with E-state index in [4.69, 9.17) is 4.74 Å². The molecule has 6 nitrogen and oxygen atoms in total. The van der Waals surface area contributed by atoms with Crippen molar-refractivity contribution in [2.75, 3.05) is 26.4 Å². The van der Waals surface area contributed by atoms with E-state index in [-0.39, 0.29) is 18.6 Å². The SMILES string of the molecule is Cc1cc(C(=O)N2CCOC[C@@H]2CCO)c(C)n1-c1ccccn1. The van der Waals surface area contributed by atoms with Gasteiger partial charge in [-0.2, -0.15) is 0 Å². The Morgan fingerprint density at radius 2 is 2.25 bits per heavy atom. The van der Waals surface area contributed by atoms with Gasteiger partial charge in [0.1, 0.15) is 5.82 Å². The van der Waals surface area contributed by atoms with E-state index < -0.39 is 0 Å². The predicted octanol–water partition coefficient (Wildman–Crippen LogP) is 1.71. The molecule has 0 saturated carbocycles. The summed E-state index contributed by atoms with van der Waals surface area (Å²) in [5.74, 6) is 0.799. The van der Waals surface area contributed by atoms with Crippen molar-refractivity contribution in [3.8, 4) is 5.82 Å². The number of ether oxygens (including phenoxy) is 1. The topological polar surface area (TPSA) is 67.6 Å². The molecule has 1 atom stereocenters. The van der Waals surface area contributed by atoms with Crippen molar-refractivity contribution in [1.29, 1.82) is 0 Å². The summed E-state index contributed by atoms with van der Waals surface area (Å²) in [4.78, 5) is 19.3. The number of morpholine rings is 1. The summed E-state index contributed by atoms with van der Waals surface area (Å²) in [6, 6.07) is 7.57. The Bertz CT molecular complexity index is 710. The molecule has 3 rings (SSSR count). The van der Waals surface area contributed by atoms with Crippen LogP contribution in [-0.4, -0.2) is 57.9 Å². The summed E-state index contributed by atoms with van der Waals surface area (Å²) < 4.78 is 7.45. The van der Waals surface area contributed by atoms with Crippen molar-refractivity contribution in [3.05, 3.63) is 47.4 Å². The summed E-state index contributed by atoms with van der Waals surface area (Å²) in [7, 11) is 0. The van der Waals surface area contributed by atoms with Crippen LogP contribution in [0.3, 0.4) is 0 Å². The van der Waals surface area contributed by atoms with Crippen molar-refractivity contribution in [3.63, 3.8) is 0 Å². The Balaban J connectivity index is 1.93. The summed E-state index contributed by atoms with van der Waals surface area (Å²) >= 11 is 0. The zero-order valence-electron chi connectivity index (χ0n) is 14.1. The lowest BCUT2D eigenvalue weighted by molar-refractivity contribution is -0.00833. The molecule has 0 radical (unpaired) electrons. The Labute approximate surface area is 141 Å². The molecule has 1 N–H and O–H groups in total. The molecule has 1 aliphatic heterocycles. The first-order valence-corrected chi connectivity index (χ1v) is 8.23. The average molecular weight is 329 g/mol. The first kappa shape index (κ1) is 16.7. The summed E-state index contributed by atoms with van der Waals surface area (Å²) in [5, 5.41) is 9.23. The molecule has 1 fully saturated rings. The molecular weight excluding hydrogens is 306 g/mol. The first-order valence-electron chi connectivity index (χ1n) is 8.23. The van der Waals surface area contributed by atoms with Crippen LogP contribution in [0.5, 0.6) is 0 Å². The van der Waals surface area contributed by atoms with Crippen LogP contribution >= 0.6 is 0 Å². The molecule has 3 heterocycles. The number of nitrogens with zero attached hydrogens (tertiary/aromatic N) is 3. The van der Waals surface area contributed by atoms with Gasteiger partial charge in [-0.25, -0.2) is 4.98 Å². The fourth-order valence-corrected chi connectivity index (χ4v) is 3.28. The lowest BCUT2D eigenvalue weighted by atomic mass is 10.1. The molecular formula is C18H23N3O3. The molecule has 1 aliphatic rings. The van der Waals surface area contributed by atoms with Gasteiger partial charge in [0.05, 0.1) is 24.8 Å². The number of hydrogen-bond donors (Lipinski definition) is 1. The van der Waals surface area contributed by atoms with Crippen LogP contribution in [-0.2, 0) is 4.74 Å². The second kappa shape index (κ2) is 7.15. The average Bonchev–Trinajstić information content (AvgIpc) is 2.90. The lowest BCUT2D eigenvalue weighted by Crippen LogP contribution is -2.49. The van der Waals surface area contributed by atoms with Gasteiger partial charge in [0, 0.05) is 30.7 Å². The number of aliphatic hydroxyl groups excluding tert-OH is 1. The number of aliphatic hydroxyl groups is 1. The third kappa shape index (κ3) is 3.07. The summed E-state index contributed by atoms with van der Waals surface area (Å²) in [6.45, 7) is 5.53. The maximum atomic E-state index is 13.1. The number of rotatable bonds is 4. The Morgan fingerprint density at radius 3 is 2.96 bits per heavy atom. The molecule has 6 heteroatoms. The van der Waals surface area contributed by atoms with Crippen LogP contribution in [0.15, 0.2) is 30.5 Å². The van der Waals surface area contributed by atoms with E-state index in [1.54, 1.807) is 6.20 Å². The third-order valence-electron chi connectivity index (χ3n) is 4.49. The van der Waals surface area contributed by atoms with Gasteiger partial charge in [-0.15, -0.1) is 0 Å². The highest BCUT2D eigenvalue weighted by Gasteiger charge is 2.30. The van der Waals surface area contributed by atoms with E-state index in [1.807, 2.05) is 47.6 Å². The second-order valence-corrected chi connectivity index (χ2v) is 6.05. The maximum absolute atomic E-state index is 13.1. The van der Waals surface area contributed by atoms with E-state index in [0.717, 1.165) is 17.2 Å². The van der Waals surface area contributed by atoms with Crippen LogP contribution < -0.4 is 0 Å². The number of carbonyl (C=O) groups is 1. The second-order valence-electron chi connectivity index (χ2n) is 6.05. The largest absolute Gasteiger partial charge is 0.396 e. The molecule has 1 amide bonds. The molecule has 0 bridgehead atoms. The van der Waals surface area contributed by atoms with Crippen molar-refractivity contribution in [1.82, 2.24) is 14.5 Å². The smallest absolute Gasteiger partial charge is 0.256 e. The monoisotopic (exact) mass is 329 g/mol. The van der Waals surface area contributed by atoms with E-state index in [0.29, 0.717) is 31.7 Å². The van der Waals surface area contributed by atoms with E-state index in [1.165, 1.54) is 0 Å². The zero-order valence-corrected chi connectivity index (χ0v) is 14.1. The van der Waals surface area contributed by atoms with Gasteiger partial charge in [0.25, 0.3) is 5.91 Å². The highest BCUT2D eigenvalue weighted by atomic mass is 16.5. The van der Waals surface area contributed by atoms with Crippen molar-refractivity contribution in [2.24, 2.45) is 0 Å². The van der Waals surface area contributed by atoms with E-state index >= 15 is 0 Å².